The summed E-state index contributed by atoms with van der Waals surface area (Å²) in [6.07, 6.45) is 4.32. The number of hydrogen-bond acceptors (Lipinski definition) is 0. The molecular weight excluding hydrogens is 139 g/mol. The Labute approximate surface area is 66.7 Å². The van der Waals surface area contributed by atoms with Crippen molar-refractivity contribution in [1.29, 1.82) is 0 Å². The molecule has 0 atom stereocenters. The first kappa shape index (κ1) is 10.4. The fourth-order valence-corrected chi connectivity index (χ4v) is 2.76. The normalized spacial score (nSPS) is 14.2. The molecule has 0 rings (SSSR count). The van der Waals surface area contributed by atoms with Crippen LogP contribution in [0.5, 0.6) is 0 Å². The third-order valence-corrected chi connectivity index (χ3v) is 7.51. The molecule has 1 heteroatoms. The van der Waals surface area contributed by atoms with E-state index in [0.717, 1.165) is 5.66 Å². The summed E-state index contributed by atoms with van der Waals surface area (Å²) in [5.74, 6) is 0. The predicted octanol–water partition coefficient (Wildman–Crippen LogP) is 3.20. The van der Waals surface area contributed by atoms with Gasteiger partial charge >= 0.3 is 66.0 Å². The molecule has 0 aliphatic heterocycles. The van der Waals surface area contributed by atoms with Crippen LogP contribution in [0.25, 0.3) is 0 Å². The van der Waals surface area contributed by atoms with E-state index in [1.54, 1.807) is 0 Å². The average molecular weight is 162 g/mol. The van der Waals surface area contributed by atoms with Crippen molar-refractivity contribution in [1.82, 2.24) is 0 Å². The molecule has 0 aliphatic rings. The summed E-state index contributed by atoms with van der Waals surface area (Å²) in [4.78, 5) is 0. The molecule has 0 heterocycles. The summed E-state index contributed by atoms with van der Waals surface area (Å²) in [7, 11) is -0.802. The van der Waals surface area contributed by atoms with Crippen molar-refractivity contribution >= 4 is 7.26 Å². The van der Waals surface area contributed by atoms with Crippen LogP contribution in [-0.4, -0.2) is 25.2 Å². The first-order valence-electron chi connectivity index (χ1n) is 4.50. The molecule has 0 N–H and O–H groups in total. The Morgan fingerprint density at radius 3 is 2.00 bits per heavy atom. The van der Waals surface area contributed by atoms with Crippen molar-refractivity contribution < 1.29 is 0 Å². The summed E-state index contributed by atoms with van der Waals surface area (Å²) < 4.78 is 0. The molecule has 0 fully saturated rings. The Balaban J connectivity index is 3.63. The molecule has 0 saturated carbocycles. The topological polar surface area (TPSA) is 0 Å². The molecule has 0 aromatic rings. The van der Waals surface area contributed by atoms with Gasteiger partial charge in [0.25, 0.3) is 0 Å². The molecule has 64 valence electrons. The van der Waals surface area contributed by atoms with Crippen molar-refractivity contribution in [2.45, 2.75) is 39.3 Å². The Kier molecular flexibility index (Phi) is 4.52. The van der Waals surface area contributed by atoms with Crippen LogP contribution in [0, 0.1) is 0 Å². The van der Waals surface area contributed by atoms with Gasteiger partial charge in [-0.2, -0.15) is 0 Å². The van der Waals surface area contributed by atoms with Crippen LogP contribution in [0.4, 0.5) is 0 Å². The molecule has 0 nitrogen and oxygen atoms in total. The standard InChI is InChI=1S/C9H23P/c1-6-7-8-10(4,5)9(2)3/h9-10H,6-8H2,1-5H3. The van der Waals surface area contributed by atoms with Gasteiger partial charge in [0.05, 0.1) is 0 Å². The van der Waals surface area contributed by atoms with Gasteiger partial charge in [0.15, 0.2) is 0 Å². The second-order valence-corrected chi connectivity index (χ2v) is 9.88. The van der Waals surface area contributed by atoms with Crippen molar-refractivity contribution in [3.63, 3.8) is 0 Å². The summed E-state index contributed by atoms with van der Waals surface area (Å²) in [5.41, 5.74) is 0.957. The van der Waals surface area contributed by atoms with E-state index in [1.165, 1.54) is 19.0 Å². The molecule has 0 aromatic heterocycles. The zero-order valence-electron chi connectivity index (χ0n) is 8.20. The zero-order chi connectivity index (χ0) is 8.20. The van der Waals surface area contributed by atoms with Crippen LogP contribution >= 0.6 is 7.26 Å². The number of unbranched alkanes of at least 4 members (excludes halogenated alkanes) is 1. The van der Waals surface area contributed by atoms with Crippen molar-refractivity contribution in [3.8, 4) is 0 Å². The van der Waals surface area contributed by atoms with Gasteiger partial charge in [-0.3, -0.25) is 0 Å². The van der Waals surface area contributed by atoms with Crippen LogP contribution in [0.15, 0.2) is 0 Å². The SMILES string of the molecule is CCCC[PH](C)(C)C(C)C. The van der Waals surface area contributed by atoms with E-state index in [4.69, 9.17) is 0 Å². The van der Waals surface area contributed by atoms with E-state index in [-0.39, 0.29) is 0 Å². The van der Waals surface area contributed by atoms with Gasteiger partial charge in [-0.05, 0) is 0 Å². The van der Waals surface area contributed by atoms with E-state index in [9.17, 15) is 0 Å². The average Bonchev–Trinajstić information content (AvgIpc) is 1.84. The first-order valence-corrected chi connectivity index (χ1v) is 7.79. The van der Waals surface area contributed by atoms with E-state index < -0.39 is 7.26 Å². The van der Waals surface area contributed by atoms with Crippen LogP contribution < -0.4 is 0 Å². The summed E-state index contributed by atoms with van der Waals surface area (Å²) in [5, 5.41) is 0. The maximum absolute atomic E-state index is 2.51. The molecule has 0 aliphatic carbocycles. The van der Waals surface area contributed by atoms with Gasteiger partial charge in [-0.25, -0.2) is 0 Å². The number of hydrogen-bond donors (Lipinski definition) is 0. The Morgan fingerprint density at radius 2 is 1.70 bits per heavy atom. The van der Waals surface area contributed by atoms with Gasteiger partial charge in [-0.15, -0.1) is 0 Å². The summed E-state index contributed by atoms with van der Waals surface area (Å²) in [6.45, 7) is 12.1. The fraction of sp³-hybridized carbons (Fsp3) is 1.00. The quantitative estimate of drug-likeness (QED) is 0.557. The van der Waals surface area contributed by atoms with E-state index in [2.05, 4.69) is 34.1 Å². The Morgan fingerprint density at radius 1 is 1.20 bits per heavy atom. The van der Waals surface area contributed by atoms with E-state index in [1.807, 2.05) is 0 Å². The Bertz CT molecular complexity index is 84.7. The monoisotopic (exact) mass is 162 g/mol. The fourth-order valence-electron chi connectivity index (χ4n) is 0.921. The zero-order valence-corrected chi connectivity index (χ0v) is 9.20. The minimum atomic E-state index is -0.802. The van der Waals surface area contributed by atoms with Crippen molar-refractivity contribution in [2.75, 3.05) is 19.5 Å². The molecule has 0 saturated heterocycles. The molecule has 10 heavy (non-hydrogen) atoms. The molecular formula is C9H23P. The molecule has 0 aromatic carbocycles. The third kappa shape index (κ3) is 3.56. The van der Waals surface area contributed by atoms with Gasteiger partial charge in [-0.1, -0.05) is 0 Å². The maximum atomic E-state index is 2.51. The molecule has 0 spiro atoms. The second-order valence-electron chi connectivity index (χ2n) is 4.25. The third-order valence-electron chi connectivity index (χ3n) is 2.74. The van der Waals surface area contributed by atoms with Crippen molar-refractivity contribution in [2.24, 2.45) is 0 Å². The summed E-state index contributed by atoms with van der Waals surface area (Å²) in [6, 6.07) is 0. The van der Waals surface area contributed by atoms with Gasteiger partial charge in [0.1, 0.15) is 0 Å². The first-order chi connectivity index (χ1) is 4.50. The molecule has 0 unspecified atom stereocenters. The molecule has 0 radical (unpaired) electrons. The molecule has 0 amide bonds. The van der Waals surface area contributed by atoms with Gasteiger partial charge < -0.3 is 0 Å². The second kappa shape index (κ2) is 4.34. The van der Waals surface area contributed by atoms with Crippen LogP contribution in [0.3, 0.4) is 0 Å². The van der Waals surface area contributed by atoms with Gasteiger partial charge in [0.2, 0.25) is 0 Å². The predicted molar refractivity (Wildman–Crippen MR) is 55.1 cm³/mol. The van der Waals surface area contributed by atoms with Gasteiger partial charge in [0, 0.05) is 0 Å². The summed E-state index contributed by atoms with van der Waals surface area (Å²) >= 11 is 0. The van der Waals surface area contributed by atoms with Crippen LogP contribution in [0.2, 0.25) is 0 Å². The molecule has 0 bridgehead atoms. The van der Waals surface area contributed by atoms with E-state index >= 15 is 0 Å². The Hall–Kier alpha value is 0.430. The minimum absolute atomic E-state index is 0.802. The van der Waals surface area contributed by atoms with Crippen molar-refractivity contribution in [3.05, 3.63) is 0 Å². The van der Waals surface area contributed by atoms with E-state index in [0.29, 0.717) is 0 Å². The van der Waals surface area contributed by atoms with Crippen LogP contribution in [-0.2, 0) is 0 Å². The van der Waals surface area contributed by atoms with Crippen LogP contribution in [0.1, 0.15) is 33.6 Å². The number of rotatable bonds is 4.